The van der Waals surface area contributed by atoms with Crippen molar-refractivity contribution in [3.63, 3.8) is 0 Å². The minimum absolute atomic E-state index is 0.0987. The molecule has 6 rings (SSSR count). The van der Waals surface area contributed by atoms with E-state index in [0.717, 1.165) is 39.9 Å². The second-order valence-corrected chi connectivity index (χ2v) is 11.4. The average molecular weight is 615 g/mol. The molecule has 0 saturated carbocycles. The first-order chi connectivity index (χ1) is 21.7. The number of halogens is 3. The lowest BCUT2D eigenvalue weighted by Crippen LogP contribution is -2.57. The van der Waals surface area contributed by atoms with E-state index in [-0.39, 0.29) is 37.3 Å². The van der Waals surface area contributed by atoms with E-state index in [9.17, 15) is 22.8 Å². The highest BCUT2D eigenvalue weighted by Gasteiger charge is 2.37. The van der Waals surface area contributed by atoms with Crippen molar-refractivity contribution in [1.29, 1.82) is 0 Å². The molecule has 2 unspecified atom stereocenters. The number of alkyl halides is 3. The number of fused-ring (bicyclic) bond motifs is 3. The van der Waals surface area contributed by atoms with Crippen molar-refractivity contribution in [2.45, 2.75) is 37.6 Å². The van der Waals surface area contributed by atoms with E-state index in [2.05, 4.69) is 24.3 Å². The van der Waals surface area contributed by atoms with Gasteiger partial charge in [0.25, 0.3) is 0 Å². The van der Waals surface area contributed by atoms with Gasteiger partial charge in [0.1, 0.15) is 18.5 Å². The summed E-state index contributed by atoms with van der Waals surface area (Å²) in [5.41, 5.74) is 4.51. The van der Waals surface area contributed by atoms with Crippen molar-refractivity contribution in [3.05, 3.63) is 125 Å². The number of ether oxygens (including phenoxy) is 2. The number of benzene rings is 4. The van der Waals surface area contributed by atoms with Crippen LogP contribution in [-0.2, 0) is 15.7 Å². The van der Waals surface area contributed by atoms with E-state index in [1.807, 2.05) is 54.6 Å². The first-order valence-corrected chi connectivity index (χ1v) is 14.9. The van der Waals surface area contributed by atoms with Gasteiger partial charge >= 0.3 is 12.3 Å². The first-order valence-electron chi connectivity index (χ1n) is 14.9. The highest BCUT2D eigenvalue weighted by Crippen LogP contribution is 2.44. The van der Waals surface area contributed by atoms with Gasteiger partial charge in [0.2, 0.25) is 5.91 Å². The predicted octanol–water partition coefficient (Wildman–Crippen LogP) is 7.70. The minimum atomic E-state index is -4.46. The lowest BCUT2D eigenvalue weighted by Gasteiger charge is -2.41. The molecule has 0 radical (unpaired) electrons. The van der Waals surface area contributed by atoms with Crippen LogP contribution in [0.4, 0.5) is 18.0 Å². The smallest absolute Gasteiger partial charge is 0.416 e. The summed E-state index contributed by atoms with van der Waals surface area (Å²) in [6, 6.07) is 29.7. The molecule has 2 amide bonds. The van der Waals surface area contributed by atoms with E-state index >= 15 is 0 Å². The lowest BCUT2D eigenvalue weighted by atomic mass is 9.98. The van der Waals surface area contributed by atoms with Gasteiger partial charge in [-0.15, -0.1) is 0 Å². The van der Waals surface area contributed by atoms with E-state index in [0.29, 0.717) is 13.0 Å². The molecular formula is C36H33F3N2O4. The summed E-state index contributed by atoms with van der Waals surface area (Å²) in [6.07, 6.45) is -5.26. The molecule has 0 aromatic heterocycles. The van der Waals surface area contributed by atoms with Gasteiger partial charge in [-0.2, -0.15) is 13.2 Å². The van der Waals surface area contributed by atoms with Crippen LogP contribution in [0.5, 0.6) is 5.75 Å². The summed E-state index contributed by atoms with van der Waals surface area (Å²) >= 11 is 0. The Bertz CT molecular complexity index is 1610. The fourth-order valence-electron chi connectivity index (χ4n) is 6.31. The number of nitrogens with zero attached hydrogens (tertiary/aromatic N) is 2. The Morgan fingerprint density at radius 1 is 0.822 bits per heavy atom. The molecule has 0 bridgehead atoms. The molecule has 6 nitrogen and oxygen atoms in total. The fourth-order valence-corrected chi connectivity index (χ4v) is 6.31. The zero-order valence-electron chi connectivity index (χ0n) is 24.7. The highest BCUT2D eigenvalue weighted by atomic mass is 19.4. The molecule has 0 spiro atoms. The maximum Gasteiger partial charge on any atom is 0.416 e. The molecular weight excluding hydrogens is 581 g/mol. The maximum atomic E-state index is 13.7. The number of rotatable bonds is 7. The summed E-state index contributed by atoms with van der Waals surface area (Å²) in [5.74, 6) is 0.0641. The molecule has 0 N–H and O–H groups in total. The zero-order chi connectivity index (χ0) is 31.6. The molecule has 232 valence electrons. The summed E-state index contributed by atoms with van der Waals surface area (Å²) in [6.45, 7) is 2.58. The number of carbonyl (C=O) groups is 2. The fraction of sp³-hybridized carbons (Fsp3) is 0.278. The standard InChI is InChI=1S/C36H33F3N2O4/c1-24(42)40-19-20-41(35(43)44-23-33-31-13-7-5-11-29(31)30-12-6-8-14-32(30)33)27(22-40)21-34(25-9-3-2-4-10-25)45-28-17-15-26(16-18-28)36(37,38)39/h2-18,27,33-34H,19-23H2,1H3. The van der Waals surface area contributed by atoms with Crippen LogP contribution in [-0.4, -0.2) is 54.1 Å². The van der Waals surface area contributed by atoms with Gasteiger partial charge in [0, 0.05) is 38.9 Å². The number of piperazine rings is 1. The average Bonchev–Trinajstić information content (AvgIpc) is 3.37. The number of hydrogen-bond acceptors (Lipinski definition) is 4. The Balaban J connectivity index is 1.22. The second-order valence-electron chi connectivity index (χ2n) is 11.4. The second kappa shape index (κ2) is 12.7. The minimum Gasteiger partial charge on any atom is -0.486 e. The van der Waals surface area contributed by atoms with Gasteiger partial charge in [0.15, 0.2) is 0 Å². The number of carbonyl (C=O) groups excluding carboxylic acids is 2. The van der Waals surface area contributed by atoms with E-state index < -0.39 is 30.0 Å². The van der Waals surface area contributed by atoms with Gasteiger partial charge in [-0.25, -0.2) is 4.79 Å². The lowest BCUT2D eigenvalue weighted by molar-refractivity contribution is -0.137. The van der Waals surface area contributed by atoms with E-state index in [4.69, 9.17) is 9.47 Å². The van der Waals surface area contributed by atoms with Crippen molar-refractivity contribution in [3.8, 4) is 16.9 Å². The van der Waals surface area contributed by atoms with Gasteiger partial charge < -0.3 is 19.3 Å². The summed E-state index contributed by atoms with van der Waals surface area (Å²) in [7, 11) is 0. The van der Waals surface area contributed by atoms with Crippen molar-refractivity contribution < 1.29 is 32.2 Å². The molecule has 1 aliphatic heterocycles. The van der Waals surface area contributed by atoms with E-state index in [1.165, 1.54) is 19.1 Å². The van der Waals surface area contributed by atoms with Gasteiger partial charge in [-0.1, -0.05) is 78.9 Å². The van der Waals surface area contributed by atoms with Crippen molar-refractivity contribution in [2.75, 3.05) is 26.2 Å². The first kappa shape index (κ1) is 30.2. The Kier molecular flexibility index (Phi) is 8.52. The molecule has 1 heterocycles. The van der Waals surface area contributed by atoms with Crippen LogP contribution in [0.3, 0.4) is 0 Å². The molecule has 1 saturated heterocycles. The molecule has 1 fully saturated rings. The van der Waals surface area contributed by atoms with Gasteiger partial charge in [-0.05, 0) is 52.1 Å². The predicted molar refractivity (Wildman–Crippen MR) is 164 cm³/mol. The highest BCUT2D eigenvalue weighted by molar-refractivity contribution is 5.79. The molecule has 2 atom stereocenters. The summed E-state index contributed by atoms with van der Waals surface area (Å²) in [5, 5.41) is 0. The Hall–Kier alpha value is -4.79. The Morgan fingerprint density at radius 2 is 1.42 bits per heavy atom. The van der Waals surface area contributed by atoms with Crippen LogP contribution < -0.4 is 4.74 Å². The van der Waals surface area contributed by atoms with E-state index in [1.54, 1.807) is 9.80 Å². The van der Waals surface area contributed by atoms with Gasteiger partial charge in [0.05, 0.1) is 11.6 Å². The SMILES string of the molecule is CC(=O)N1CCN(C(=O)OCC2c3ccccc3-c3ccccc32)C(CC(Oc2ccc(C(F)(F)F)cc2)c2ccccc2)C1. The third-order valence-corrected chi connectivity index (χ3v) is 8.62. The van der Waals surface area contributed by atoms with Crippen LogP contribution >= 0.6 is 0 Å². The third-order valence-electron chi connectivity index (χ3n) is 8.62. The molecule has 4 aromatic rings. The number of hydrogen-bond donors (Lipinski definition) is 0. The topological polar surface area (TPSA) is 59.1 Å². The normalized spacial score (nSPS) is 16.9. The zero-order valence-corrected chi connectivity index (χ0v) is 24.7. The molecule has 2 aliphatic rings. The van der Waals surface area contributed by atoms with Gasteiger partial charge in [-0.3, -0.25) is 4.79 Å². The summed E-state index contributed by atoms with van der Waals surface area (Å²) < 4.78 is 51.7. The van der Waals surface area contributed by atoms with Crippen LogP contribution in [0, 0.1) is 0 Å². The largest absolute Gasteiger partial charge is 0.486 e. The molecule has 45 heavy (non-hydrogen) atoms. The molecule has 9 heteroatoms. The van der Waals surface area contributed by atoms with Crippen LogP contribution in [0.15, 0.2) is 103 Å². The van der Waals surface area contributed by atoms with Crippen molar-refractivity contribution in [2.24, 2.45) is 0 Å². The Morgan fingerprint density at radius 3 is 2.02 bits per heavy atom. The van der Waals surface area contributed by atoms with Crippen LogP contribution in [0.25, 0.3) is 11.1 Å². The third kappa shape index (κ3) is 6.53. The van der Waals surface area contributed by atoms with Crippen molar-refractivity contribution >= 4 is 12.0 Å². The van der Waals surface area contributed by atoms with Crippen LogP contribution in [0.1, 0.15) is 47.6 Å². The van der Waals surface area contributed by atoms with Crippen molar-refractivity contribution in [1.82, 2.24) is 9.80 Å². The molecule has 1 aliphatic carbocycles. The maximum absolute atomic E-state index is 13.7. The van der Waals surface area contributed by atoms with Crippen LogP contribution in [0.2, 0.25) is 0 Å². The Labute approximate surface area is 260 Å². The monoisotopic (exact) mass is 614 g/mol. The number of amides is 2. The quantitative estimate of drug-likeness (QED) is 0.214. The summed E-state index contributed by atoms with van der Waals surface area (Å²) in [4.78, 5) is 29.5. The molecule has 4 aromatic carbocycles.